The number of ether oxygens (including phenoxy) is 1. The Morgan fingerprint density at radius 2 is 2.29 bits per heavy atom. The van der Waals surface area contributed by atoms with Gasteiger partial charge in [-0.3, -0.25) is 15.2 Å². The molecule has 4 nitrogen and oxygen atoms in total. The number of carbonyl (C=O) groups excluding carboxylic acids is 1. The third-order valence-electron chi connectivity index (χ3n) is 2.02. The highest BCUT2D eigenvalue weighted by Crippen LogP contribution is 2.29. The molecule has 0 fully saturated rings. The van der Waals surface area contributed by atoms with Crippen molar-refractivity contribution in [2.45, 2.75) is 6.92 Å². The number of amides is 1. The van der Waals surface area contributed by atoms with Gasteiger partial charge in [-0.05, 0) is 12.1 Å². The predicted octanol–water partition coefficient (Wildman–Crippen LogP) is 0.936. The minimum absolute atomic E-state index is 0.0679. The molecule has 0 atom stereocenters. The quantitative estimate of drug-likeness (QED) is 0.720. The van der Waals surface area contributed by atoms with Crippen molar-refractivity contribution in [2.75, 3.05) is 18.2 Å². The molecule has 1 N–H and O–H groups in total. The van der Waals surface area contributed by atoms with Crippen LogP contribution >= 0.6 is 0 Å². The Hall–Kier alpha value is -1.71. The average molecular weight is 192 g/mol. The van der Waals surface area contributed by atoms with Gasteiger partial charge in [-0.2, -0.15) is 0 Å². The lowest BCUT2D eigenvalue weighted by molar-refractivity contribution is -0.119. The molecule has 0 bridgehead atoms. The van der Waals surface area contributed by atoms with Gasteiger partial charge in [-0.15, -0.1) is 0 Å². The summed E-state index contributed by atoms with van der Waals surface area (Å²) in [7, 11) is 0. The van der Waals surface area contributed by atoms with Crippen molar-refractivity contribution in [2.24, 2.45) is 0 Å². The number of para-hydroxylation sites is 2. The molecule has 4 heteroatoms. The number of carbonyl (C=O) groups is 1. The lowest BCUT2D eigenvalue weighted by Gasteiger charge is -2.30. The number of nitrogens with zero attached hydrogens (tertiary/aromatic N) is 1. The van der Waals surface area contributed by atoms with Crippen LogP contribution in [0.5, 0.6) is 5.75 Å². The van der Waals surface area contributed by atoms with E-state index in [0.29, 0.717) is 13.2 Å². The Bertz CT molecular complexity index is 352. The smallest absolute Gasteiger partial charge is 0.235 e. The summed E-state index contributed by atoms with van der Waals surface area (Å²) in [6.45, 7) is 2.77. The summed E-state index contributed by atoms with van der Waals surface area (Å²) in [6.07, 6.45) is 0. The van der Waals surface area contributed by atoms with Gasteiger partial charge in [-0.1, -0.05) is 12.1 Å². The van der Waals surface area contributed by atoms with E-state index in [2.05, 4.69) is 5.43 Å². The van der Waals surface area contributed by atoms with E-state index in [-0.39, 0.29) is 5.91 Å². The second-order valence-corrected chi connectivity index (χ2v) is 3.14. The van der Waals surface area contributed by atoms with E-state index < -0.39 is 0 Å². The largest absolute Gasteiger partial charge is 0.489 e. The van der Waals surface area contributed by atoms with E-state index in [1.807, 2.05) is 24.3 Å². The lowest BCUT2D eigenvalue weighted by Crippen LogP contribution is -2.45. The van der Waals surface area contributed by atoms with Crippen molar-refractivity contribution in [3.8, 4) is 5.75 Å². The molecule has 0 unspecified atom stereocenters. The van der Waals surface area contributed by atoms with Gasteiger partial charge in [0.15, 0.2) is 0 Å². The van der Waals surface area contributed by atoms with Crippen LogP contribution in [-0.4, -0.2) is 19.1 Å². The van der Waals surface area contributed by atoms with Crippen molar-refractivity contribution < 1.29 is 9.53 Å². The van der Waals surface area contributed by atoms with Crippen LogP contribution in [0, 0.1) is 0 Å². The fourth-order valence-corrected chi connectivity index (χ4v) is 1.48. The van der Waals surface area contributed by atoms with Crippen molar-refractivity contribution in [3.05, 3.63) is 24.3 Å². The standard InChI is InChI=1S/C10H12N2O2/c1-8(13)11-12-6-7-14-10-5-3-2-4-9(10)12/h2-5H,6-7H2,1H3,(H,11,13). The zero-order chi connectivity index (χ0) is 9.97. The normalized spacial score (nSPS) is 14.2. The third kappa shape index (κ3) is 1.64. The van der Waals surface area contributed by atoms with Crippen LogP contribution in [0.2, 0.25) is 0 Å². The van der Waals surface area contributed by atoms with Gasteiger partial charge in [0.05, 0.1) is 12.2 Å². The van der Waals surface area contributed by atoms with E-state index in [1.165, 1.54) is 6.92 Å². The fourth-order valence-electron chi connectivity index (χ4n) is 1.48. The maximum Gasteiger partial charge on any atom is 0.235 e. The molecule has 1 aliphatic rings. The summed E-state index contributed by atoms with van der Waals surface area (Å²) in [6, 6.07) is 7.65. The molecule has 0 aliphatic carbocycles. The van der Waals surface area contributed by atoms with E-state index in [1.54, 1.807) is 5.01 Å². The van der Waals surface area contributed by atoms with E-state index in [9.17, 15) is 4.79 Å². The average Bonchev–Trinajstić information content (AvgIpc) is 2.18. The van der Waals surface area contributed by atoms with E-state index in [4.69, 9.17) is 4.74 Å². The Labute approximate surface area is 82.4 Å². The predicted molar refractivity (Wildman–Crippen MR) is 53.1 cm³/mol. The van der Waals surface area contributed by atoms with Crippen LogP contribution in [0.1, 0.15) is 6.92 Å². The molecule has 14 heavy (non-hydrogen) atoms. The first-order valence-corrected chi connectivity index (χ1v) is 4.54. The first-order valence-electron chi connectivity index (χ1n) is 4.54. The van der Waals surface area contributed by atoms with Crippen LogP contribution in [0.25, 0.3) is 0 Å². The van der Waals surface area contributed by atoms with Gasteiger partial charge in [0.1, 0.15) is 12.4 Å². The van der Waals surface area contributed by atoms with Crippen molar-refractivity contribution in [3.63, 3.8) is 0 Å². The van der Waals surface area contributed by atoms with Gasteiger partial charge in [-0.25, -0.2) is 0 Å². The van der Waals surface area contributed by atoms with Crippen molar-refractivity contribution >= 4 is 11.6 Å². The molecule has 0 saturated heterocycles. The number of hydrazine groups is 1. The number of rotatable bonds is 1. The molecule has 1 aromatic carbocycles. The lowest BCUT2D eigenvalue weighted by atomic mass is 10.2. The minimum atomic E-state index is -0.0679. The van der Waals surface area contributed by atoms with Crippen LogP contribution < -0.4 is 15.2 Å². The summed E-state index contributed by atoms with van der Waals surface area (Å²) in [5.74, 6) is 0.745. The molecule has 1 aromatic rings. The molecule has 0 saturated carbocycles. The molecular weight excluding hydrogens is 180 g/mol. The monoisotopic (exact) mass is 192 g/mol. The summed E-state index contributed by atoms with van der Waals surface area (Å²) in [4.78, 5) is 10.9. The zero-order valence-corrected chi connectivity index (χ0v) is 7.99. The molecular formula is C10H12N2O2. The highest BCUT2D eigenvalue weighted by atomic mass is 16.5. The van der Waals surface area contributed by atoms with Crippen molar-refractivity contribution in [1.82, 2.24) is 5.43 Å². The van der Waals surface area contributed by atoms with Gasteiger partial charge in [0.2, 0.25) is 5.91 Å². The summed E-state index contributed by atoms with van der Waals surface area (Å²) >= 11 is 0. The summed E-state index contributed by atoms with van der Waals surface area (Å²) < 4.78 is 5.44. The molecule has 0 spiro atoms. The van der Waals surface area contributed by atoms with Crippen LogP contribution in [0.15, 0.2) is 24.3 Å². The number of benzene rings is 1. The third-order valence-corrected chi connectivity index (χ3v) is 2.02. The molecule has 2 rings (SSSR count). The van der Waals surface area contributed by atoms with Crippen LogP contribution in [0.3, 0.4) is 0 Å². The first kappa shape index (κ1) is 8.87. The number of hydrogen-bond donors (Lipinski definition) is 1. The first-order chi connectivity index (χ1) is 6.77. The zero-order valence-electron chi connectivity index (χ0n) is 7.99. The summed E-state index contributed by atoms with van der Waals surface area (Å²) in [5.41, 5.74) is 3.66. The molecule has 0 aromatic heterocycles. The number of nitrogens with one attached hydrogen (secondary N) is 1. The molecule has 0 radical (unpaired) electrons. The topological polar surface area (TPSA) is 41.6 Å². The Kier molecular flexibility index (Phi) is 2.26. The summed E-state index contributed by atoms with van der Waals surface area (Å²) in [5, 5.41) is 1.81. The highest BCUT2D eigenvalue weighted by Gasteiger charge is 2.17. The molecule has 1 aliphatic heterocycles. The van der Waals surface area contributed by atoms with Gasteiger partial charge >= 0.3 is 0 Å². The Morgan fingerprint density at radius 3 is 3.07 bits per heavy atom. The Balaban J connectivity index is 2.26. The van der Waals surface area contributed by atoms with Gasteiger partial charge in [0.25, 0.3) is 0 Å². The Morgan fingerprint density at radius 1 is 1.50 bits per heavy atom. The van der Waals surface area contributed by atoms with E-state index in [0.717, 1.165) is 11.4 Å². The maximum absolute atomic E-state index is 10.9. The number of fused-ring (bicyclic) bond motifs is 1. The maximum atomic E-state index is 10.9. The number of hydrogen-bond acceptors (Lipinski definition) is 3. The minimum Gasteiger partial charge on any atom is -0.489 e. The number of anilines is 1. The molecule has 1 heterocycles. The second kappa shape index (κ2) is 3.57. The molecule has 74 valence electrons. The van der Waals surface area contributed by atoms with Crippen LogP contribution in [0.4, 0.5) is 5.69 Å². The van der Waals surface area contributed by atoms with E-state index >= 15 is 0 Å². The molecule has 1 amide bonds. The van der Waals surface area contributed by atoms with Crippen LogP contribution in [-0.2, 0) is 4.79 Å². The van der Waals surface area contributed by atoms with Gasteiger partial charge in [0, 0.05) is 6.92 Å². The second-order valence-electron chi connectivity index (χ2n) is 3.14. The van der Waals surface area contributed by atoms with Gasteiger partial charge < -0.3 is 4.74 Å². The fraction of sp³-hybridized carbons (Fsp3) is 0.300. The SMILES string of the molecule is CC(=O)NN1CCOc2ccccc21. The highest BCUT2D eigenvalue weighted by molar-refractivity contribution is 5.76. The van der Waals surface area contributed by atoms with Crippen molar-refractivity contribution in [1.29, 1.82) is 0 Å².